The average Bonchev–Trinajstić information content (AvgIpc) is 2.44. The molecule has 2 amide bonds. The lowest BCUT2D eigenvalue weighted by atomic mass is 10.1. The molecule has 0 atom stereocenters. The standard InChI is InChI=1S/C14H19N3O3/c1-10-2-3-12-11(8-10)17(14(19)9-20-12)7-4-13(18)16-6-5-15/h2-3,8H,4-7,9,15H2,1H3,(H,16,18). The van der Waals surface area contributed by atoms with E-state index in [0.29, 0.717) is 25.4 Å². The van der Waals surface area contributed by atoms with Crippen LogP contribution in [0.1, 0.15) is 12.0 Å². The van der Waals surface area contributed by atoms with Crippen molar-refractivity contribution in [3.05, 3.63) is 23.8 Å². The first-order valence-electron chi connectivity index (χ1n) is 6.62. The molecule has 0 aromatic heterocycles. The zero-order valence-corrected chi connectivity index (χ0v) is 11.5. The number of carbonyl (C=O) groups is 2. The number of ether oxygens (including phenoxy) is 1. The molecular weight excluding hydrogens is 258 g/mol. The lowest BCUT2D eigenvalue weighted by Crippen LogP contribution is -2.41. The fraction of sp³-hybridized carbons (Fsp3) is 0.429. The SMILES string of the molecule is Cc1ccc2c(c1)N(CCC(=O)NCCN)C(=O)CO2. The number of aryl methyl sites for hydroxylation is 1. The van der Waals surface area contributed by atoms with Crippen molar-refractivity contribution in [3.8, 4) is 5.75 Å². The minimum Gasteiger partial charge on any atom is -0.482 e. The van der Waals surface area contributed by atoms with Crippen LogP contribution in [0.5, 0.6) is 5.75 Å². The molecule has 0 fully saturated rings. The second-order valence-corrected chi connectivity index (χ2v) is 4.69. The van der Waals surface area contributed by atoms with Crippen LogP contribution in [0.3, 0.4) is 0 Å². The van der Waals surface area contributed by atoms with E-state index in [9.17, 15) is 9.59 Å². The van der Waals surface area contributed by atoms with Crippen LogP contribution in [0.15, 0.2) is 18.2 Å². The molecule has 1 aliphatic heterocycles. The summed E-state index contributed by atoms with van der Waals surface area (Å²) in [5, 5.41) is 2.69. The van der Waals surface area contributed by atoms with E-state index in [0.717, 1.165) is 11.3 Å². The molecule has 0 bridgehead atoms. The number of amides is 2. The molecule has 6 heteroatoms. The number of carbonyl (C=O) groups excluding carboxylic acids is 2. The van der Waals surface area contributed by atoms with Crippen LogP contribution in [-0.2, 0) is 9.59 Å². The van der Waals surface area contributed by atoms with Gasteiger partial charge in [0, 0.05) is 26.1 Å². The third-order valence-corrected chi connectivity index (χ3v) is 3.09. The van der Waals surface area contributed by atoms with Gasteiger partial charge in [0.1, 0.15) is 5.75 Å². The van der Waals surface area contributed by atoms with E-state index in [4.69, 9.17) is 10.5 Å². The lowest BCUT2D eigenvalue weighted by Gasteiger charge is -2.29. The van der Waals surface area contributed by atoms with Gasteiger partial charge in [-0.15, -0.1) is 0 Å². The Morgan fingerprint density at radius 2 is 2.30 bits per heavy atom. The topological polar surface area (TPSA) is 84.7 Å². The maximum atomic E-state index is 11.9. The average molecular weight is 277 g/mol. The Morgan fingerprint density at radius 3 is 3.05 bits per heavy atom. The molecule has 3 N–H and O–H groups in total. The molecule has 108 valence electrons. The summed E-state index contributed by atoms with van der Waals surface area (Å²) in [4.78, 5) is 25.1. The quantitative estimate of drug-likeness (QED) is 0.804. The highest BCUT2D eigenvalue weighted by atomic mass is 16.5. The van der Waals surface area contributed by atoms with Gasteiger partial charge in [-0.1, -0.05) is 6.07 Å². The van der Waals surface area contributed by atoms with Crippen LogP contribution in [0.2, 0.25) is 0 Å². The maximum absolute atomic E-state index is 11.9. The number of fused-ring (bicyclic) bond motifs is 1. The number of rotatable bonds is 5. The van der Waals surface area contributed by atoms with E-state index >= 15 is 0 Å². The number of nitrogens with one attached hydrogen (secondary N) is 1. The van der Waals surface area contributed by atoms with Crippen molar-refractivity contribution in [1.82, 2.24) is 5.32 Å². The van der Waals surface area contributed by atoms with Gasteiger partial charge in [0.2, 0.25) is 5.91 Å². The van der Waals surface area contributed by atoms with Gasteiger partial charge >= 0.3 is 0 Å². The van der Waals surface area contributed by atoms with Crippen LogP contribution in [0.4, 0.5) is 5.69 Å². The van der Waals surface area contributed by atoms with Crippen molar-refractivity contribution in [3.63, 3.8) is 0 Å². The van der Waals surface area contributed by atoms with Gasteiger partial charge in [-0.25, -0.2) is 0 Å². The minimum atomic E-state index is -0.130. The summed E-state index contributed by atoms with van der Waals surface area (Å²) >= 11 is 0. The molecule has 0 radical (unpaired) electrons. The molecule has 0 aliphatic carbocycles. The summed E-state index contributed by atoms with van der Waals surface area (Å²) in [6, 6.07) is 5.67. The Morgan fingerprint density at radius 1 is 1.50 bits per heavy atom. The number of nitrogens with two attached hydrogens (primary N) is 1. The predicted molar refractivity (Wildman–Crippen MR) is 75.7 cm³/mol. The van der Waals surface area contributed by atoms with Gasteiger partial charge in [-0.3, -0.25) is 9.59 Å². The van der Waals surface area contributed by atoms with Crippen molar-refractivity contribution < 1.29 is 14.3 Å². The highest BCUT2D eigenvalue weighted by Gasteiger charge is 2.25. The summed E-state index contributed by atoms with van der Waals surface area (Å²) in [6.45, 7) is 3.16. The second kappa shape index (κ2) is 6.38. The Kier molecular flexibility index (Phi) is 4.57. The molecule has 2 rings (SSSR count). The highest BCUT2D eigenvalue weighted by molar-refractivity contribution is 5.98. The van der Waals surface area contributed by atoms with Crippen LogP contribution < -0.4 is 20.7 Å². The summed E-state index contributed by atoms with van der Waals surface area (Å²) in [5.74, 6) is 0.441. The molecule has 0 spiro atoms. The highest BCUT2D eigenvalue weighted by Crippen LogP contribution is 2.32. The summed E-state index contributed by atoms with van der Waals surface area (Å²) in [7, 11) is 0. The summed E-state index contributed by atoms with van der Waals surface area (Å²) in [6.07, 6.45) is 0.249. The van der Waals surface area contributed by atoms with Crippen molar-refractivity contribution in [2.24, 2.45) is 5.73 Å². The Bertz CT molecular complexity index is 516. The number of anilines is 1. The summed E-state index contributed by atoms with van der Waals surface area (Å²) in [5.41, 5.74) is 7.09. The number of nitrogens with zero attached hydrogens (tertiary/aromatic N) is 1. The lowest BCUT2D eigenvalue weighted by molar-refractivity contribution is -0.122. The van der Waals surface area contributed by atoms with Crippen molar-refractivity contribution >= 4 is 17.5 Å². The van der Waals surface area contributed by atoms with Gasteiger partial charge in [0.15, 0.2) is 6.61 Å². The van der Waals surface area contributed by atoms with Crippen LogP contribution in [-0.4, -0.2) is 38.1 Å². The molecule has 1 aromatic rings. The van der Waals surface area contributed by atoms with Gasteiger partial charge in [-0.05, 0) is 24.6 Å². The van der Waals surface area contributed by atoms with Gasteiger partial charge in [-0.2, -0.15) is 0 Å². The van der Waals surface area contributed by atoms with Crippen molar-refractivity contribution in [2.75, 3.05) is 31.1 Å². The number of benzene rings is 1. The molecular formula is C14H19N3O3. The molecule has 6 nitrogen and oxygen atoms in total. The smallest absolute Gasteiger partial charge is 0.265 e. The van der Waals surface area contributed by atoms with Crippen LogP contribution in [0, 0.1) is 6.92 Å². The molecule has 1 heterocycles. The largest absolute Gasteiger partial charge is 0.482 e. The summed E-state index contributed by atoms with van der Waals surface area (Å²) < 4.78 is 5.38. The predicted octanol–water partition coefficient (Wildman–Crippen LogP) is 0.185. The van der Waals surface area contributed by atoms with Crippen LogP contribution in [0.25, 0.3) is 0 Å². The normalized spacial score (nSPS) is 13.7. The Balaban J connectivity index is 2.06. The van der Waals surface area contributed by atoms with E-state index in [1.807, 2.05) is 25.1 Å². The number of hydrogen-bond donors (Lipinski definition) is 2. The van der Waals surface area contributed by atoms with Crippen molar-refractivity contribution in [2.45, 2.75) is 13.3 Å². The second-order valence-electron chi connectivity index (χ2n) is 4.69. The van der Waals surface area contributed by atoms with E-state index < -0.39 is 0 Å². The van der Waals surface area contributed by atoms with Crippen LogP contribution >= 0.6 is 0 Å². The molecule has 0 unspecified atom stereocenters. The fourth-order valence-electron chi connectivity index (χ4n) is 2.07. The first-order valence-corrected chi connectivity index (χ1v) is 6.62. The van der Waals surface area contributed by atoms with E-state index in [-0.39, 0.29) is 24.8 Å². The van der Waals surface area contributed by atoms with Gasteiger partial charge < -0.3 is 20.7 Å². The zero-order valence-electron chi connectivity index (χ0n) is 11.5. The third-order valence-electron chi connectivity index (χ3n) is 3.09. The zero-order chi connectivity index (χ0) is 14.5. The molecule has 0 saturated heterocycles. The maximum Gasteiger partial charge on any atom is 0.265 e. The van der Waals surface area contributed by atoms with E-state index in [1.165, 1.54) is 0 Å². The Labute approximate surface area is 117 Å². The molecule has 20 heavy (non-hydrogen) atoms. The molecule has 1 aromatic carbocycles. The van der Waals surface area contributed by atoms with Gasteiger partial charge in [0.05, 0.1) is 5.69 Å². The van der Waals surface area contributed by atoms with E-state index in [2.05, 4.69) is 5.32 Å². The first kappa shape index (κ1) is 14.3. The fourth-order valence-corrected chi connectivity index (χ4v) is 2.07. The number of hydrogen-bond acceptors (Lipinski definition) is 4. The molecule has 0 saturated carbocycles. The Hall–Kier alpha value is -2.08. The van der Waals surface area contributed by atoms with Crippen molar-refractivity contribution in [1.29, 1.82) is 0 Å². The van der Waals surface area contributed by atoms with Gasteiger partial charge in [0.25, 0.3) is 5.91 Å². The minimum absolute atomic E-state index is 0.0144. The first-order chi connectivity index (χ1) is 9.61. The molecule has 1 aliphatic rings. The monoisotopic (exact) mass is 277 g/mol. The van der Waals surface area contributed by atoms with E-state index in [1.54, 1.807) is 4.90 Å². The third kappa shape index (κ3) is 3.27.